The highest BCUT2D eigenvalue weighted by atomic mass is 16.2. The summed E-state index contributed by atoms with van der Waals surface area (Å²) in [5.41, 5.74) is 2.62. The molecule has 3 rings (SSSR count). The van der Waals surface area contributed by atoms with Crippen molar-refractivity contribution in [1.82, 2.24) is 26.3 Å². The van der Waals surface area contributed by atoms with Gasteiger partial charge in [0.15, 0.2) is 0 Å². The van der Waals surface area contributed by atoms with Crippen molar-refractivity contribution in [3.05, 3.63) is 90.3 Å². The van der Waals surface area contributed by atoms with Crippen LogP contribution in [0, 0.1) is 0 Å². The fourth-order valence-electron chi connectivity index (χ4n) is 3.97. The van der Waals surface area contributed by atoms with Crippen LogP contribution >= 0.6 is 0 Å². The van der Waals surface area contributed by atoms with Gasteiger partial charge in [-0.15, -0.1) is 0 Å². The van der Waals surface area contributed by atoms with Gasteiger partial charge in [0.05, 0.1) is 6.42 Å². The summed E-state index contributed by atoms with van der Waals surface area (Å²) in [6.45, 7) is 5.77. The molecule has 1 aromatic heterocycles. The van der Waals surface area contributed by atoms with E-state index in [1.807, 2.05) is 87.5 Å². The van der Waals surface area contributed by atoms with Gasteiger partial charge in [-0.05, 0) is 56.0 Å². The average molecular weight is 544 g/mol. The standard InChI is InChI=1S/C31H37N5O4/c1-31(2,3)36-28(38)21-26(35-27(37)15-14-22-10-6-4-7-11-22)30(40)34-19-18-33-29(39)25-20-24(16-17-32-25)23-12-8-5-9-13-23/h4-13,16-17,20,26H,14-15,18-19,21H2,1-3H3,(H,33,39)(H,34,40)(H,35,37)(H,36,38)/t26-/m0/s1. The number of nitrogens with zero attached hydrogens (tertiary/aromatic N) is 1. The topological polar surface area (TPSA) is 129 Å². The summed E-state index contributed by atoms with van der Waals surface area (Å²) in [5.74, 6) is -1.56. The lowest BCUT2D eigenvalue weighted by molar-refractivity contribution is -0.132. The largest absolute Gasteiger partial charge is 0.353 e. The number of hydrogen-bond donors (Lipinski definition) is 4. The Balaban J connectivity index is 1.52. The van der Waals surface area contributed by atoms with E-state index in [4.69, 9.17) is 0 Å². The number of rotatable bonds is 12. The van der Waals surface area contributed by atoms with Gasteiger partial charge in [-0.1, -0.05) is 60.7 Å². The fourth-order valence-corrected chi connectivity index (χ4v) is 3.97. The second-order valence-electron chi connectivity index (χ2n) is 10.5. The van der Waals surface area contributed by atoms with Gasteiger partial charge in [0.1, 0.15) is 11.7 Å². The van der Waals surface area contributed by atoms with Crippen molar-refractivity contribution in [2.45, 2.75) is 51.6 Å². The lowest BCUT2D eigenvalue weighted by Crippen LogP contribution is -2.51. The van der Waals surface area contributed by atoms with E-state index < -0.39 is 17.5 Å². The van der Waals surface area contributed by atoms with Gasteiger partial charge in [0.2, 0.25) is 17.7 Å². The number of nitrogens with one attached hydrogen (secondary N) is 4. The molecule has 3 aromatic rings. The van der Waals surface area contributed by atoms with Crippen LogP contribution in [-0.2, 0) is 20.8 Å². The highest BCUT2D eigenvalue weighted by molar-refractivity contribution is 5.94. The highest BCUT2D eigenvalue weighted by Gasteiger charge is 2.25. The summed E-state index contributed by atoms with van der Waals surface area (Å²) < 4.78 is 0. The van der Waals surface area contributed by atoms with Crippen molar-refractivity contribution < 1.29 is 19.2 Å². The number of carbonyl (C=O) groups excluding carboxylic acids is 4. The number of amides is 4. The van der Waals surface area contributed by atoms with Gasteiger partial charge in [-0.2, -0.15) is 0 Å². The van der Waals surface area contributed by atoms with Crippen LogP contribution < -0.4 is 21.3 Å². The number of pyridine rings is 1. The Morgan fingerprint density at radius 2 is 1.45 bits per heavy atom. The van der Waals surface area contributed by atoms with Crippen LogP contribution in [0.4, 0.5) is 0 Å². The third-order valence-electron chi connectivity index (χ3n) is 5.85. The van der Waals surface area contributed by atoms with E-state index in [1.165, 1.54) is 0 Å². The third kappa shape index (κ3) is 10.3. The number of hydrogen-bond acceptors (Lipinski definition) is 5. The molecule has 0 aliphatic heterocycles. The Bertz CT molecular complexity index is 1290. The first-order valence-corrected chi connectivity index (χ1v) is 13.3. The van der Waals surface area contributed by atoms with Crippen molar-refractivity contribution in [3.63, 3.8) is 0 Å². The Kier molecular flexibility index (Phi) is 10.9. The molecule has 0 bridgehead atoms. The summed E-state index contributed by atoms with van der Waals surface area (Å²) in [7, 11) is 0. The van der Waals surface area contributed by atoms with Crippen molar-refractivity contribution >= 4 is 23.6 Å². The lowest BCUT2D eigenvalue weighted by Gasteiger charge is -2.23. The van der Waals surface area contributed by atoms with Crippen LogP contribution in [0.25, 0.3) is 11.1 Å². The van der Waals surface area contributed by atoms with E-state index in [1.54, 1.807) is 12.3 Å². The monoisotopic (exact) mass is 543 g/mol. The molecule has 40 heavy (non-hydrogen) atoms. The van der Waals surface area contributed by atoms with Gasteiger partial charge in [0.25, 0.3) is 5.91 Å². The molecule has 4 N–H and O–H groups in total. The molecule has 2 aromatic carbocycles. The molecule has 9 nitrogen and oxygen atoms in total. The summed E-state index contributed by atoms with van der Waals surface area (Å²) in [4.78, 5) is 54.9. The van der Waals surface area contributed by atoms with E-state index in [2.05, 4.69) is 26.3 Å². The van der Waals surface area contributed by atoms with Gasteiger partial charge in [-0.3, -0.25) is 24.2 Å². The van der Waals surface area contributed by atoms with Crippen LogP contribution in [0.3, 0.4) is 0 Å². The van der Waals surface area contributed by atoms with Gasteiger partial charge in [-0.25, -0.2) is 0 Å². The molecular formula is C31H37N5O4. The maximum atomic E-state index is 12.9. The second kappa shape index (κ2) is 14.6. The lowest BCUT2D eigenvalue weighted by atomic mass is 10.1. The maximum Gasteiger partial charge on any atom is 0.269 e. The molecule has 0 aliphatic rings. The Morgan fingerprint density at radius 1 is 0.800 bits per heavy atom. The van der Waals surface area contributed by atoms with Gasteiger partial charge >= 0.3 is 0 Å². The first kappa shape index (κ1) is 30.0. The molecule has 1 atom stereocenters. The molecule has 0 saturated heterocycles. The van der Waals surface area contributed by atoms with E-state index in [9.17, 15) is 19.2 Å². The molecule has 0 aliphatic carbocycles. The zero-order valence-corrected chi connectivity index (χ0v) is 23.2. The molecule has 1 heterocycles. The van der Waals surface area contributed by atoms with Gasteiger partial charge < -0.3 is 21.3 Å². The fraction of sp³-hybridized carbons (Fsp3) is 0.323. The average Bonchev–Trinajstić information content (AvgIpc) is 2.93. The summed E-state index contributed by atoms with van der Waals surface area (Å²) in [6, 6.07) is 21.7. The van der Waals surface area contributed by atoms with Crippen molar-refractivity contribution in [2.24, 2.45) is 0 Å². The predicted octanol–water partition coefficient (Wildman–Crippen LogP) is 3.02. The molecule has 0 radical (unpaired) electrons. The predicted molar refractivity (Wildman–Crippen MR) is 154 cm³/mol. The molecule has 210 valence electrons. The quantitative estimate of drug-likeness (QED) is 0.261. The number of carbonyl (C=O) groups is 4. The van der Waals surface area contributed by atoms with Crippen LogP contribution in [0.1, 0.15) is 49.7 Å². The van der Waals surface area contributed by atoms with E-state index in [-0.39, 0.29) is 49.3 Å². The number of benzene rings is 2. The summed E-state index contributed by atoms with van der Waals surface area (Å²) in [6.07, 6.45) is 2.07. The molecule has 0 unspecified atom stereocenters. The van der Waals surface area contributed by atoms with Crippen LogP contribution in [0.15, 0.2) is 79.0 Å². The van der Waals surface area contributed by atoms with Crippen molar-refractivity contribution in [3.8, 4) is 11.1 Å². The summed E-state index contributed by atoms with van der Waals surface area (Å²) in [5, 5.41) is 11.0. The normalized spacial score (nSPS) is 11.7. The molecule has 0 saturated carbocycles. The van der Waals surface area contributed by atoms with Crippen LogP contribution in [-0.4, -0.2) is 53.3 Å². The zero-order chi connectivity index (χ0) is 29.0. The minimum absolute atomic E-state index is 0.111. The highest BCUT2D eigenvalue weighted by Crippen LogP contribution is 2.18. The van der Waals surface area contributed by atoms with Crippen molar-refractivity contribution in [2.75, 3.05) is 13.1 Å². The van der Waals surface area contributed by atoms with Crippen LogP contribution in [0.5, 0.6) is 0 Å². The van der Waals surface area contributed by atoms with E-state index >= 15 is 0 Å². The summed E-state index contributed by atoms with van der Waals surface area (Å²) >= 11 is 0. The Hall–Kier alpha value is -4.53. The number of aryl methyl sites for hydroxylation is 1. The maximum absolute atomic E-state index is 12.9. The van der Waals surface area contributed by atoms with Crippen molar-refractivity contribution in [1.29, 1.82) is 0 Å². The zero-order valence-electron chi connectivity index (χ0n) is 23.2. The molecule has 0 spiro atoms. The minimum Gasteiger partial charge on any atom is -0.353 e. The SMILES string of the molecule is CC(C)(C)NC(=O)C[C@H](NC(=O)CCc1ccccc1)C(=O)NCCNC(=O)c1cc(-c2ccccc2)ccn1. The first-order valence-electron chi connectivity index (χ1n) is 13.3. The molecule has 0 fully saturated rings. The Morgan fingerprint density at radius 3 is 2.12 bits per heavy atom. The molecule has 4 amide bonds. The second-order valence-corrected chi connectivity index (χ2v) is 10.5. The number of aromatic nitrogens is 1. The van der Waals surface area contributed by atoms with Crippen LogP contribution in [0.2, 0.25) is 0 Å². The first-order chi connectivity index (χ1) is 19.1. The molecule has 9 heteroatoms. The van der Waals surface area contributed by atoms with Gasteiger partial charge in [0, 0.05) is 31.2 Å². The smallest absolute Gasteiger partial charge is 0.269 e. The third-order valence-corrected chi connectivity index (χ3v) is 5.85. The molecular weight excluding hydrogens is 506 g/mol. The van der Waals surface area contributed by atoms with E-state index in [0.29, 0.717) is 6.42 Å². The minimum atomic E-state index is -1.05. The Labute approximate surface area is 235 Å². The van der Waals surface area contributed by atoms with E-state index in [0.717, 1.165) is 16.7 Å².